The first-order chi connectivity index (χ1) is 11.5. The fourth-order valence-corrected chi connectivity index (χ4v) is 4.02. The van der Waals surface area contributed by atoms with Gasteiger partial charge in [0.2, 0.25) is 10.0 Å². The first-order valence-electron chi connectivity index (χ1n) is 7.81. The Labute approximate surface area is 140 Å². The monoisotopic (exact) mass is 346 g/mol. The topological polar surface area (TPSA) is 84.4 Å². The summed E-state index contributed by atoms with van der Waals surface area (Å²) in [6, 6.07) is 9.69. The molecule has 1 fully saturated rings. The number of fused-ring (bicyclic) bond motifs is 3. The van der Waals surface area contributed by atoms with E-state index in [0.717, 1.165) is 41.4 Å². The quantitative estimate of drug-likeness (QED) is 0.898. The lowest BCUT2D eigenvalue weighted by Gasteiger charge is -2.22. The largest absolute Gasteiger partial charge is 0.488 e. The summed E-state index contributed by atoms with van der Waals surface area (Å²) in [6.07, 6.45) is 1.94. The second kappa shape index (κ2) is 5.71. The van der Waals surface area contributed by atoms with Crippen LogP contribution in [0.5, 0.6) is 5.75 Å². The number of rotatable bonds is 3. The lowest BCUT2D eigenvalue weighted by Crippen LogP contribution is -2.36. The van der Waals surface area contributed by atoms with Crippen molar-refractivity contribution < 1.29 is 13.2 Å². The number of para-hydroxylation sites is 1. The molecule has 8 heteroatoms. The Hall–Kier alpha value is -2.19. The molecule has 0 aliphatic carbocycles. The van der Waals surface area contributed by atoms with Crippen LogP contribution >= 0.6 is 0 Å². The number of nitrogens with one attached hydrogen (secondary N) is 1. The van der Waals surface area contributed by atoms with E-state index < -0.39 is 10.0 Å². The van der Waals surface area contributed by atoms with Gasteiger partial charge in [-0.2, -0.15) is 0 Å². The molecule has 7 nitrogen and oxygen atoms in total. The van der Waals surface area contributed by atoms with Gasteiger partial charge in [-0.3, -0.25) is 0 Å². The van der Waals surface area contributed by atoms with Gasteiger partial charge in [-0.25, -0.2) is 13.1 Å². The van der Waals surface area contributed by atoms with Crippen LogP contribution in [-0.4, -0.2) is 44.0 Å². The minimum atomic E-state index is -3.19. The van der Waals surface area contributed by atoms with Crippen molar-refractivity contribution in [3.8, 4) is 17.0 Å². The normalized spacial score (nSPS) is 19.5. The zero-order valence-electron chi connectivity index (χ0n) is 13.3. The molecule has 2 aromatic rings. The smallest absolute Gasteiger partial charge is 0.209 e. The van der Waals surface area contributed by atoms with E-state index in [1.807, 2.05) is 30.3 Å². The summed E-state index contributed by atoms with van der Waals surface area (Å²) < 4.78 is 31.2. The summed E-state index contributed by atoms with van der Waals surface area (Å²) in [5.41, 5.74) is 2.81. The molecule has 0 radical (unpaired) electrons. The molecule has 1 N–H and O–H groups in total. The molecule has 126 valence electrons. The summed E-state index contributed by atoms with van der Waals surface area (Å²) in [6.45, 7) is 1.81. The highest BCUT2D eigenvalue weighted by Crippen LogP contribution is 2.36. The van der Waals surface area contributed by atoms with Crippen molar-refractivity contribution in [3.05, 3.63) is 35.9 Å². The number of nitrogens with zero attached hydrogens (tertiary/aromatic N) is 3. The average Bonchev–Trinajstić information content (AvgIpc) is 3.00. The van der Waals surface area contributed by atoms with Crippen LogP contribution in [0.2, 0.25) is 0 Å². The minimum Gasteiger partial charge on any atom is -0.488 e. The number of hydrogen-bond acceptors (Lipinski definition) is 6. The Bertz CT molecular complexity index is 885. The molecule has 1 saturated heterocycles. The van der Waals surface area contributed by atoms with Crippen molar-refractivity contribution in [2.45, 2.75) is 19.1 Å². The van der Waals surface area contributed by atoms with Gasteiger partial charge >= 0.3 is 0 Å². The van der Waals surface area contributed by atoms with Gasteiger partial charge in [0.25, 0.3) is 0 Å². The Morgan fingerprint density at radius 1 is 1.29 bits per heavy atom. The van der Waals surface area contributed by atoms with Gasteiger partial charge in [-0.05, 0) is 24.6 Å². The molecule has 4 rings (SSSR count). The van der Waals surface area contributed by atoms with Gasteiger partial charge in [-0.1, -0.05) is 12.1 Å². The Kier molecular flexibility index (Phi) is 3.65. The van der Waals surface area contributed by atoms with Crippen LogP contribution in [0.15, 0.2) is 30.3 Å². The van der Waals surface area contributed by atoms with E-state index in [4.69, 9.17) is 4.74 Å². The fraction of sp³-hybridized carbons (Fsp3) is 0.375. The van der Waals surface area contributed by atoms with Crippen LogP contribution in [0.25, 0.3) is 11.3 Å². The van der Waals surface area contributed by atoms with Crippen LogP contribution < -0.4 is 14.4 Å². The second-order valence-corrected chi connectivity index (χ2v) is 7.96. The van der Waals surface area contributed by atoms with E-state index >= 15 is 0 Å². The molecular weight excluding hydrogens is 328 g/mol. The summed E-state index contributed by atoms with van der Waals surface area (Å²) in [5, 5.41) is 8.74. The fourth-order valence-electron chi connectivity index (χ4n) is 3.22. The van der Waals surface area contributed by atoms with E-state index in [9.17, 15) is 8.42 Å². The first kappa shape index (κ1) is 15.3. The highest BCUT2D eigenvalue weighted by atomic mass is 32.2. The van der Waals surface area contributed by atoms with E-state index in [1.54, 1.807) is 0 Å². The maximum absolute atomic E-state index is 11.4. The Morgan fingerprint density at radius 2 is 2.12 bits per heavy atom. The van der Waals surface area contributed by atoms with E-state index in [0.29, 0.717) is 13.2 Å². The van der Waals surface area contributed by atoms with E-state index in [-0.39, 0.29) is 6.04 Å². The standard InChI is InChI=1S/C16H18N4O3S/c1-24(21,22)19-12-6-7-20(9-12)15-8-11-10-23-14-5-3-2-4-13(14)16(11)18-17-15/h2-5,8,12,19H,6-7,9-10H2,1H3. The van der Waals surface area contributed by atoms with Gasteiger partial charge < -0.3 is 9.64 Å². The van der Waals surface area contributed by atoms with Crippen molar-refractivity contribution in [2.24, 2.45) is 0 Å². The SMILES string of the molecule is CS(=O)(=O)NC1CCN(c2cc3c(nn2)-c2ccccc2OC3)C1. The van der Waals surface area contributed by atoms with Crippen LogP contribution in [0.3, 0.4) is 0 Å². The number of benzene rings is 1. The van der Waals surface area contributed by atoms with Crippen molar-refractivity contribution >= 4 is 15.8 Å². The molecule has 3 heterocycles. The van der Waals surface area contributed by atoms with Crippen molar-refractivity contribution in [1.82, 2.24) is 14.9 Å². The lowest BCUT2D eigenvalue weighted by molar-refractivity contribution is 0.301. The molecule has 0 saturated carbocycles. The minimum absolute atomic E-state index is 0.0881. The van der Waals surface area contributed by atoms with Gasteiger partial charge in [0.15, 0.2) is 5.82 Å². The van der Waals surface area contributed by atoms with Crippen molar-refractivity contribution in [3.63, 3.8) is 0 Å². The maximum atomic E-state index is 11.4. The van der Waals surface area contributed by atoms with Gasteiger partial charge in [0.05, 0.1) is 6.26 Å². The number of ether oxygens (including phenoxy) is 1. The molecule has 0 amide bonds. The number of aromatic nitrogens is 2. The lowest BCUT2D eigenvalue weighted by atomic mass is 10.0. The second-order valence-electron chi connectivity index (χ2n) is 6.18. The van der Waals surface area contributed by atoms with Crippen molar-refractivity contribution in [2.75, 3.05) is 24.2 Å². The highest BCUT2D eigenvalue weighted by Gasteiger charge is 2.27. The molecule has 1 aromatic carbocycles. The van der Waals surface area contributed by atoms with Gasteiger partial charge in [-0.15, -0.1) is 10.2 Å². The summed E-state index contributed by atoms with van der Waals surface area (Å²) >= 11 is 0. The first-order valence-corrected chi connectivity index (χ1v) is 9.70. The maximum Gasteiger partial charge on any atom is 0.209 e. The van der Waals surface area contributed by atoms with E-state index in [1.165, 1.54) is 6.26 Å². The molecule has 1 aromatic heterocycles. The summed E-state index contributed by atoms with van der Waals surface area (Å²) in [4.78, 5) is 2.05. The van der Waals surface area contributed by atoms with Crippen LogP contribution in [0.1, 0.15) is 12.0 Å². The third-order valence-electron chi connectivity index (χ3n) is 4.28. The molecule has 2 aliphatic rings. The van der Waals surface area contributed by atoms with Gasteiger partial charge in [0.1, 0.15) is 18.1 Å². The molecule has 0 bridgehead atoms. The van der Waals surface area contributed by atoms with Crippen LogP contribution in [0, 0.1) is 0 Å². The molecule has 1 atom stereocenters. The summed E-state index contributed by atoms with van der Waals surface area (Å²) in [5.74, 6) is 1.58. The molecule has 0 spiro atoms. The summed E-state index contributed by atoms with van der Waals surface area (Å²) in [7, 11) is -3.19. The third kappa shape index (κ3) is 2.94. The Balaban J connectivity index is 1.57. The molecule has 2 aliphatic heterocycles. The molecule has 1 unspecified atom stereocenters. The molecular formula is C16H18N4O3S. The zero-order chi connectivity index (χ0) is 16.7. The van der Waals surface area contributed by atoms with Crippen molar-refractivity contribution in [1.29, 1.82) is 0 Å². The number of sulfonamides is 1. The Morgan fingerprint density at radius 3 is 2.96 bits per heavy atom. The van der Waals surface area contributed by atoms with Gasteiger partial charge in [0, 0.05) is 30.3 Å². The van der Waals surface area contributed by atoms with E-state index in [2.05, 4.69) is 19.8 Å². The highest BCUT2D eigenvalue weighted by molar-refractivity contribution is 7.88. The third-order valence-corrected chi connectivity index (χ3v) is 5.04. The average molecular weight is 346 g/mol. The van der Waals surface area contributed by atoms with Crippen LogP contribution in [-0.2, 0) is 16.6 Å². The molecule has 24 heavy (non-hydrogen) atoms. The predicted molar refractivity (Wildman–Crippen MR) is 90.4 cm³/mol. The predicted octanol–water partition coefficient (Wildman–Crippen LogP) is 1.16. The number of hydrogen-bond donors (Lipinski definition) is 1. The zero-order valence-corrected chi connectivity index (χ0v) is 14.1. The number of anilines is 1. The van der Waals surface area contributed by atoms with Crippen LogP contribution in [0.4, 0.5) is 5.82 Å².